The van der Waals surface area contributed by atoms with Crippen LogP contribution in [-0.4, -0.2) is 11.9 Å². The Kier molecular flexibility index (Phi) is 4.99. The van der Waals surface area contributed by atoms with E-state index in [0.29, 0.717) is 0 Å². The highest BCUT2D eigenvalue weighted by atomic mass is 16.2. The average Bonchev–Trinajstić information content (AvgIpc) is 2.49. The minimum absolute atomic E-state index is 0.0121. The molecule has 1 amide bonds. The fourth-order valence-electron chi connectivity index (χ4n) is 2.14. The highest BCUT2D eigenvalue weighted by molar-refractivity contribution is 5.96. The molecule has 0 aromatic heterocycles. The van der Waals surface area contributed by atoms with Gasteiger partial charge in [0.05, 0.1) is 0 Å². The van der Waals surface area contributed by atoms with Crippen molar-refractivity contribution in [2.45, 2.75) is 33.2 Å². The maximum absolute atomic E-state index is 12.3. The zero-order valence-corrected chi connectivity index (χ0v) is 12.8. The molecule has 0 fully saturated rings. The normalized spacial score (nSPS) is 11.8. The molecule has 2 rings (SSSR count). The molecule has 0 aliphatic carbocycles. The molecule has 0 unspecified atom stereocenters. The summed E-state index contributed by atoms with van der Waals surface area (Å²) in [7, 11) is 0. The number of nitrogens with one attached hydrogen (secondary N) is 2. The van der Waals surface area contributed by atoms with Crippen LogP contribution < -0.4 is 10.6 Å². The van der Waals surface area contributed by atoms with Crippen LogP contribution in [0.4, 0.5) is 11.4 Å². The van der Waals surface area contributed by atoms with Crippen molar-refractivity contribution >= 4 is 17.3 Å². The lowest BCUT2D eigenvalue weighted by molar-refractivity contribution is -0.116. The van der Waals surface area contributed by atoms with Crippen molar-refractivity contribution in [2.24, 2.45) is 0 Å². The first kappa shape index (κ1) is 15.1. The smallest absolute Gasteiger partial charge is 0.246 e. The van der Waals surface area contributed by atoms with Crippen molar-refractivity contribution in [2.75, 3.05) is 10.6 Å². The number of benzene rings is 2. The molecule has 110 valence electrons. The summed E-state index contributed by atoms with van der Waals surface area (Å²) in [5.74, 6) is -0.0121. The molecule has 2 aromatic rings. The Hall–Kier alpha value is -2.29. The van der Waals surface area contributed by atoms with Crippen LogP contribution >= 0.6 is 0 Å². The van der Waals surface area contributed by atoms with E-state index in [0.717, 1.165) is 17.8 Å². The Balaban J connectivity index is 2.05. The van der Waals surface area contributed by atoms with Gasteiger partial charge in [0, 0.05) is 11.4 Å². The minimum atomic E-state index is -0.243. The van der Waals surface area contributed by atoms with E-state index < -0.39 is 0 Å². The molecular formula is C18H22N2O. The van der Waals surface area contributed by atoms with Crippen molar-refractivity contribution < 1.29 is 4.79 Å². The van der Waals surface area contributed by atoms with Gasteiger partial charge in [0.15, 0.2) is 0 Å². The zero-order valence-electron chi connectivity index (χ0n) is 12.8. The van der Waals surface area contributed by atoms with E-state index in [1.807, 2.05) is 43.3 Å². The Labute approximate surface area is 126 Å². The fourth-order valence-corrected chi connectivity index (χ4v) is 2.14. The van der Waals surface area contributed by atoms with E-state index in [-0.39, 0.29) is 11.9 Å². The van der Waals surface area contributed by atoms with Crippen molar-refractivity contribution in [3.05, 3.63) is 59.7 Å². The lowest BCUT2D eigenvalue weighted by Crippen LogP contribution is -2.34. The molecule has 0 aliphatic heterocycles. The molecule has 0 heterocycles. The summed E-state index contributed by atoms with van der Waals surface area (Å²) in [6.07, 6.45) is 0.728. The lowest BCUT2D eigenvalue weighted by Gasteiger charge is -2.18. The summed E-state index contributed by atoms with van der Waals surface area (Å²) in [6, 6.07) is 15.4. The second-order valence-electron chi connectivity index (χ2n) is 5.26. The van der Waals surface area contributed by atoms with Crippen LogP contribution in [0.25, 0.3) is 0 Å². The van der Waals surface area contributed by atoms with Crippen molar-refractivity contribution in [1.29, 1.82) is 0 Å². The molecule has 3 heteroatoms. The summed E-state index contributed by atoms with van der Waals surface area (Å²) >= 11 is 0. The van der Waals surface area contributed by atoms with Crippen LogP contribution in [0.5, 0.6) is 0 Å². The van der Waals surface area contributed by atoms with E-state index in [4.69, 9.17) is 0 Å². The molecule has 0 spiro atoms. The SMILES string of the molecule is CC[C@H](Nc1ccc(C)c(C)c1)C(=O)Nc1ccccc1. The topological polar surface area (TPSA) is 41.1 Å². The third-order valence-electron chi connectivity index (χ3n) is 3.61. The second-order valence-corrected chi connectivity index (χ2v) is 5.26. The number of para-hydroxylation sites is 1. The molecule has 0 saturated carbocycles. The van der Waals surface area contributed by atoms with Crippen molar-refractivity contribution in [3.63, 3.8) is 0 Å². The number of carbonyl (C=O) groups is 1. The van der Waals surface area contributed by atoms with Crippen LogP contribution in [0.15, 0.2) is 48.5 Å². The molecule has 2 aromatic carbocycles. The number of hydrogen-bond acceptors (Lipinski definition) is 2. The van der Waals surface area contributed by atoms with Gasteiger partial charge in [0.1, 0.15) is 6.04 Å². The Morgan fingerprint density at radius 1 is 1.00 bits per heavy atom. The van der Waals surface area contributed by atoms with E-state index in [1.54, 1.807) is 0 Å². The summed E-state index contributed by atoms with van der Waals surface area (Å²) in [5.41, 5.74) is 4.27. The van der Waals surface area contributed by atoms with Crippen molar-refractivity contribution in [1.82, 2.24) is 0 Å². The number of rotatable bonds is 5. The highest BCUT2D eigenvalue weighted by Crippen LogP contribution is 2.16. The van der Waals surface area contributed by atoms with Crippen LogP contribution in [0.3, 0.4) is 0 Å². The Morgan fingerprint density at radius 2 is 1.71 bits per heavy atom. The highest BCUT2D eigenvalue weighted by Gasteiger charge is 2.16. The van der Waals surface area contributed by atoms with Gasteiger partial charge >= 0.3 is 0 Å². The van der Waals surface area contributed by atoms with Gasteiger partial charge in [-0.25, -0.2) is 0 Å². The molecule has 1 atom stereocenters. The average molecular weight is 282 g/mol. The molecule has 21 heavy (non-hydrogen) atoms. The third kappa shape index (κ3) is 4.09. The van der Waals surface area contributed by atoms with Gasteiger partial charge < -0.3 is 10.6 Å². The number of aryl methyl sites for hydroxylation is 2. The first-order chi connectivity index (χ1) is 10.1. The van der Waals surface area contributed by atoms with Gasteiger partial charge in [-0.1, -0.05) is 31.2 Å². The van der Waals surface area contributed by atoms with Crippen LogP contribution in [0.2, 0.25) is 0 Å². The third-order valence-corrected chi connectivity index (χ3v) is 3.61. The van der Waals surface area contributed by atoms with E-state index in [2.05, 4.69) is 36.6 Å². The summed E-state index contributed by atoms with van der Waals surface area (Å²) in [5, 5.41) is 6.24. The molecule has 3 nitrogen and oxygen atoms in total. The molecule has 0 aliphatic rings. The molecular weight excluding hydrogens is 260 g/mol. The first-order valence-corrected chi connectivity index (χ1v) is 7.30. The quantitative estimate of drug-likeness (QED) is 0.865. The minimum Gasteiger partial charge on any atom is -0.374 e. The maximum Gasteiger partial charge on any atom is 0.246 e. The fraction of sp³-hybridized carbons (Fsp3) is 0.278. The predicted molar refractivity (Wildman–Crippen MR) is 88.7 cm³/mol. The van der Waals surface area contributed by atoms with Gasteiger partial charge in [0.25, 0.3) is 0 Å². The number of amides is 1. The molecule has 0 saturated heterocycles. The van der Waals surface area contributed by atoms with Gasteiger partial charge in [-0.2, -0.15) is 0 Å². The van der Waals surface area contributed by atoms with E-state index in [1.165, 1.54) is 11.1 Å². The number of anilines is 2. The second kappa shape index (κ2) is 6.93. The summed E-state index contributed by atoms with van der Waals surface area (Å²) in [4.78, 5) is 12.3. The van der Waals surface area contributed by atoms with Gasteiger partial charge in [-0.15, -0.1) is 0 Å². The Bertz CT molecular complexity index is 608. The van der Waals surface area contributed by atoms with Gasteiger partial charge in [-0.05, 0) is 55.7 Å². The standard InChI is InChI=1S/C18H22N2O/c1-4-17(18(21)20-15-8-6-5-7-9-15)19-16-11-10-13(2)14(3)12-16/h5-12,17,19H,4H2,1-3H3,(H,20,21)/t17-/m0/s1. The predicted octanol–water partition coefficient (Wildman–Crippen LogP) is 4.13. The van der Waals surface area contributed by atoms with Crippen molar-refractivity contribution in [3.8, 4) is 0 Å². The van der Waals surface area contributed by atoms with Crippen LogP contribution in [-0.2, 0) is 4.79 Å². The van der Waals surface area contributed by atoms with Gasteiger partial charge in [0.2, 0.25) is 5.91 Å². The largest absolute Gasteiger partial charge is 0.374 e. The lowest BCUT2D eigenvalue weighted by atomic mass is 10.1. The summed E-state index contributed by atoms with van der Waals surface area (Å²) < 4.78 is 0. The number of hydrogen-bond donors (Lipinski definition) is 2. The van der Waals surface area contributed by atoms with E-state index >= 15 is 0 Å². The monoisotopic (exact) mass is 282 g/mol. The van der Waals surface area contributed by atoms with Gasteiger partial charge in [-0.3, -0.25) is 4.79 Å². The van der Waals surface area contributed by atoms with E-state index in [9.17, 15) is 4.79 Å². The van der Waals surface area contributed by atoms with Crippen LogP contribution in [0.1, 0.15) is 24.5 Å². The number of carbonyl (C=O) groups excluding carboxylic acids is 1. The molecule has 0 bridgehead atoms. The van der Waals surface area contributed by atoms with Crippen LogP contribution in [0, 0.1) is 13.8 Å². The molecule has 2 N–H and O–H groups in total. The zero-order chi connectivity index (χ0) is 15.2. The first-order valence-electron chi connectivity index (χ1n) is 7.30. The summed E-state index contributed by atoms with van der Waals surface area (Å²) in [6.45, 7) is 6.16. The maximum atomic E-state index is 12.3. The molecule has 0 radical (unpaired) electrons. The Morgan fingerprint density at radius 3 is 2.33 bits per heavy atom.